The number of hydrogen-bond donors (Lipinski definition) is 4. The van der Waals surface area contributed by atoms with Gasteiger partial charge in [0.25, 0.3) is 0 Å². The average molecular weight is 352 g/mol. The minimum atomic E-state index is -0.706. The molecule has 7 nitrogen and oxygen atoms in total. The lowest BCUT2D eigenvalue weighted by molar-refractivity contribution is -0.106. The SMILES string of the molecule is Nc1cccc(-c2nc(Nc3cccc(NCC=O)c3)nc(N)c2F)c1. The molecular formula is C18H17FN6O. The van der Waals surface area contributed by atoms with E-state index in [0.717, 1.165) is 12.0 Å². The van der Waals surface area contributed by atoms with Crippen LogP contribution in [0.5, 0.6) is 0 Å². The Bertz CT molecular complexity index is 947. The Kier molecular flexibility index (Phi) is 4.93. The number of hydrogen-bond acceptors (Lipinski definition) is 7. The van der Waals surface area contributed by atoms with E-state index in [1.807, 2.05) is 6.07 Å². The zero-order valence-corrected chi connectivity index (χ0v) is 13.7. The van der Waals surface area contributed by atoms with Gasteiger partial charge in [0.1, 0.15) is 12.0 Å². The molecule has 1 heterocycles. The Morgan fingerprint density at radius 1 is 1.04 bits per heavy atom. The first-order valence-corrected chi connectivity index (χ1v) is 7.80. The second kappa shape index (κ2) is 7.47. The fourth-order valence-corrected chi connectivity index (χ4v) is 2.39. The third-order valence-corrected chi connectivity index (χ3v) is 3.55. The molecule has 0 fully saturated rings. The highest BCUT2D eigenvalue weighted by molar-refractivity contribution is 5.70. The normalized spacial score (nSPS) is 10.3. The summed E-state index contributed by atoms with van der Waals surface area (Å²) in [6.45, 7) is 0.197. The molecule has 8 heteroatoms. The van der Waals surface area contributed by atoms with Gasteiger partial charge in [0.05, 0.1) is 6.54 Å². The Labute approximate surface area is 149 Å². The van der Waals surface area contributed by atoms with Crippen LogP contribution in [0.15, 0.2) is 48.5 Å². The monoisotopic (exact) mass is 352 g/mol. The van der Waals surface area contributed by atoms with E-state index in [2.05, 4.69) is 20.6 Å². The topological polar surface area (TPSA) is 119 Å². The van der Waals surface area contributed by atoms with Gasteiger partial charge in [0.15, 0.2) is 11.6 Å². The predicted molar refractivity (Wildman–Crippen MR) is 101 cm³/mol. The van der Waals surface area contributed by atoms with Crippen molar-refractivity contribution in [1.29, 1.82) is 0 Å². The lowest BCUT2D eigenvalue weighted by Gasteiger charge is -2.11. The fraction of sp³-hybridized carbons (Fsp3) is 0.0556. The van der Waals surface area contributed by atoms with Gasteiger partial charge in [-0.05, 0) is 30.3 Å². The van der Waals surface area contributed by atoms with E-state index in [0.29, 0.717) is 16.9 Å². The van der Waals surface area contributed by atoms with Gasteiger partial charge in [0.2, 0.25) is 5.95 Å². The second-order valence-corrected chi connectivity index (χ2v) is 5.47. The van der Waals surface area contributed by atoms with Crippen molar-refractivity contribution in [3.8, 4) is 11.3 Å². The number of aldehydes is 1. The molecule has 0 bridgehead atoms. The van der Waals surface area contributed by atoms with Crippen molar-refractivity contribution >= 4 is 35.1 Å². The average Bonchev–Trinajstić information content (AvgIpc) is 2.63. The van der Waals surface area contributed by atoms with Gasteiger partial charge in [-0.1, -0.05) is 18.2 Å². The van der Waals surface area contributed by atoms with Crippen molar-refractivity contribution in [2.75, 3.05) is 28.6 Å². The number of nitrogens with two attached hydrogens (primary N) is 2. The maximum Gasteiger partial charge on any atom is 0.229 e. The molecule has 0 aliphatic carbocycles. The molecule has 0 unspecified atom stereocenters. The van der Waals surface area contributed by atoms with Crippen LogP contribution in [0.25, 0.3) is 11.3 Å². The summed E-state index contributed by atoms with van der Waals surface area (Å²) < 4.78 is 14.4. The summed E-state index contributed by atoms with van der Waals surface area (Å²) in [5.74, 6) is -0.827. The Hall–Kier alpha value is -3.68. The van der Waals surface area contributed by atoms with Crippen molar-refractivity contribution < 1.29 is 9.18 Å². The van der Waals surface area contributed by atoms with Gasteiger partial charge in [-0.3, -0.25) is 0 Å². The number of anilines is 5. The van der Waals surface area contributed by atoms with Crippen molar-refractivity contribution in [3.05, 3.63) is 54.3 Å². The Morgan fingerprint density at radius 3 is 2.58 bits per heavy atom. The molecule has 0 saturated carbocycles. The molecule has 2 aromatic carbocycles. The zero-order valence-electron chi connectivity index (χ0n) is 13.7. The molecule has 1 aromatic heterocycles. The first kappa shape index (κ1) is 17.2. The number of nitrogens with one attached hydrogen (secondary N) is 2. The Morgan fingerprint density at radius 2 is 1.81 bits per heavy atom. The van der Waals surface area contributed by atoms with E-state index in [9.17, 15) is 9.18 Å². The molecule has 0 atom stereocenters. The van der Waals surface area contributed by atoms with E-state index in [1.165, 1.54) is 0 Å². The van der Waals surface area contributed by atoms with Crippen LogP contribution >= 0.6 is 0 Å². The highest BCUT2D eigenvalue weighted by Gasteiger charge is 2.14. The largest absolute Gasteiger partial charge is 0.399 e. The highest BCUT2D eigenvalue weighted by atomic mass is 19.1. The number of carbonyl (C=O) groups excluding carboxylic acids is 1. The summed E-state index contributed by atoms with van der Waals surface area (Å²) >= 11 is 0. The van der Waals surface area contributed by atoms with Crippen molar-refractivity contribution in [3.63, 3.8) is 0 Å². The molecular weight excluding hydrogens is 335 g/mol. The van der Waals surface area contributed by atoms with Crippen LogP contribution in [-0.4, -0.2) is 22.8 Å². The third-order valence-electron chi connectivity index (χ3n) is 3.55. The van der Waals surface area contributed by atoms with Gasteiger partial charge < -0.3 is 26.9 Å². The van der Waals surface area contributed by atoms with E-state index in [1.54, 1.807) is 42.5 Å². The maximum atomic E-state index is 14.4. The number of benzene rings is 2. The molecule has 3 rings (SSSR count). The van der Waals surface area contributed by atoms with E-state index < -0.39 is 5.82 Å². The Balaban J connectivity index is 1.93. The van der Waals surface area contributed by atoms with Crippen LogP contribution in [-0.2, 0) is 4.79 Å². The summed E-state index contributed by atoms with van der Waals surface area (Å²) in [6, 6.07) is 13.9. The number of rotatable bonds is 6. The van der Waals surface area contributed by atoms with Gasteiger partial charge >= 0.3 is 0 Å². The number of nitrogens with zero attached hydrogens (tertiary/aromatic N) is 2. The summed E-state index contributed by atoms with van der Waals surface area (Å²) in [5.41, 5.74) is 13.9. The molecule has 0 aliphatic rings. The van der Waals surface area contributed by atoms with Crippen LogP contribution in [0.1, 0.15) is 0 Å². The van der Waals surface area contributed by atoms with Crippen LogP contribution in [0.2, 0.25) is 0 Å². The molecule has 0 amide bonds. The lowest BCUT2D eigenvalue weighted by atomic mass is 10.1. The van der Waals surface area contributed by atoms with Gasteiger partial charge in [-0.2, -0.15) is 4.98 Å². The van der Waals surface area contributed by atoms with E-state index in [-0.39, 0.29) is 24.0 Å². The van der Waals surface area contributed by atoms with Crippen LogP contribution < -0.4 is 22.1 Å². The van der Waals surface area contributed by atoms with Crippen LogP contribution in [0.3, 0.4) is 0 Å². The van der Waals surface area contributed by atoms with Crippen LogP contribution in [0.4, 0.5) is 33.2 Å². The minimum absolute atomic E-state index is 0.0579. The highest BCUT2D eigenvalue weighted by Crippen LogP contribution is 2.27. The number of carbonyl (C=O) groups is 1. The molecule has 0 spiro atoms. The number of halogens is 1. The van der Waals surface area contributed by atoms with Gasteiger partial charge in [-0.15, -0.1) is 0 Å². The molecule has 132 valence electrons. The van der Waals surface area contributed by atoms with E-state index >= 15 is 0 Å². The molecule has 0 aliphatic heterocycles. The second-order valence-electron chi connectivity index (χ2n) is 5.47. The minimum Gasteiger partial charge on any atom is -0.399 e. The van der Waals surface area contributed by atoms with Crippen molar-refractivity contribution in [1.82, 2.24) is 9.97 Å². The number of nitrogen functional groups attached to an aromatic ring is 2. The first-order valence-electron chi connectivity index (χ1n) is 7.80. The third kappa shape index (κ3) is 3.86. The summed E-state index contributed by atoms with van der Waals surface area (Å²) in [5, 5.41) is 5.92. The molecule has 3 aromatic rings. The smallest absolute Gasteiger partial charge is 0.229 e. The van der Waals surface area contributed by atoms with Crippen molar-refractivity contribution in [2.24, 2.45) is 0 Å². The summed E-state index contributed by atoms with van der Waals surface area (Å²) in [4.78, 5) is 18.6. The maximum absolute atomic E-state index is 14.4. The molecule has 0 radical (unpaired) electrons. The summed E-state index contributed by atoms with van der Waals surface area (Å²) in [7, 11) is 0. The lowest BCUT2D eigenvalue weighted by Crippen LogP contribution is -2.06. The van der Waals surface area contributed by atoms with Gasteiger partial charge in [0, 0.05) is 22.6 Å². The standard InChI is InChI=1S/C18H17FN6O/c19-15-16(11-3-1-4-12(20)9-11)24-18(25-17(15)21)23-14-6-2-5-13(10-14)22-7-8-26/h1-6,8-10,22H,7,20H2,(H3,21,23,24,25). The fourth-order valence-electron chi connectivity index (χ4n) is 2.39. The predicted octanol–water partition coefficient (Wildman–Crippen LogP) is 2.80. The molecule has 26 heavy (non-hydrogen) atoms. The van der Waals surface area contributed by atoms with E-state index in [4.69, 9.17) is 11.5 Å². The van der Waals surface area contributed by atoms with Crippen LogP contribution in [0, 0.1) is 5.82 Å². The van der Waals surface area contributed by atoms with Crippen molar-refractivity contribution in [2.45, 2.75) is 0 Å². The zero-order chi connectivity index (χ0) is 18.5. The summed E-state index contributed by atoms with van der Waals surface area (Å²) in [6.07, 6.45) is 0.766. The first-order chi connectivity index (χ1) is 12.6. The molecule has 0 saturated heterocycles. The quantitative estimate of drug-likeness (QED) is 0.398. The van der Waals surface area contributed by atoms with Gasteiger partial charge in [-0.25, -0.2) is 9.37 Å². The molecule has 6 N–H and O–H groups in total. The number of aromatic nitrogens is 2.